The predicted octanol–water partition coefficient (Wildman–Crippen LogP) is 1.42. The smallest absolute Gasteiger partial charge is 0.337 e. The number of rotatable bonds is 2. The third kappa shape index (κ3) is 3.10. The number of piperidine rings is 2. The van der Waals surface area contributed by atoms with Crippen molar-refractivity contribution in [3.63, 3.8) is 0 Å². The van der Waals surface area contributed by atoms with Crippen LogP contribution in [0.4, 0.5) is 0 Å². The molecule has 3 aliphatic rings. The zero-order valence-electron chi connectivity index (χ0n) is 14.4. The van der Waals surface area contributed by atoms with E-state index in [0.29, 0.717) is 11.3 Å². The quantitative estimate of drug-likeness (QED) is 0.790. The van der Waals surface area contributed by atoms with Crippen molar-refractivity contribution in [3.05, 3.63) is 35.4 Å². The maximum absolute atomic E-state index is 12.8. The second kappa shape index (κ2) is 6.86. The molecular formula is C19H24N2O4. The highest BCUT2D eigenvalue weighted by molar-refractivity contribution is 5.89. The molecule has 3 saturated heterocycles. The Morgan fingerprint density at radius 3 is 2.72 bits per heavy atom. The molecule has 4 rings (SSSR count). The van der Waals surface area contributed by atoms with Crippen molar-refractivity contribution in [2.24, 2.45) is 11.8 Å². The van der Waals surface area contributed by atoms with Gasteiger partial charge in [-0.25, -0.2) is 4.79 Å². The first-order chi connectivity index (χ1) is 12.2. The third-order valence-corrected chi connectivity index (χ3v) is 5.71. The van der Waals surface area contributed by atoms with Crippen LogP contribution in [0.5, 0.6) is 0 Å². The predicted molar refractivity (Wildman–Crippen MR) is 91.0 cm³/mol. The fourth-order valence-electron chi connectivity index (χ4n) is 4.31. The molecule has 3 fully saturated rings. The van der Waals surface area contributed by atoms with Crippen molar-refractivity contribution in [2.45, 2.75) is 37.6 Å². The molecule has 0 aliphatic carbocycles. The highest BCUT2D eigenvalue weighted by atomic mass is 16.5. The highest BCUT2D eigenvalue weighted by Gasteiger charge is 2.47. The molecule has 1 aromatic rings. The maximum atomic E-state index is 12.8. The zero-order valence-corrected chi connectivity index (χ0v) is 14.4. The van der Waals surface area contributed by atoms with Gasteiger partial charge in [0.05, 0.1) is 24.7 Å². The van der Waals surface area contributed by atoms with Crippen molar-refractivity contribution in [2.75, 3.05) is 20.2 Å². The van der Waals surface area contributed by atoms with Crippen LogP contribution in [0.25, 0.3) is 0 Å². The van der Waals surface area contributed by atoms with Crippen LogP contribution in [0.15, 0.2) is 24.3 Å². The van der Waals surface area contributed by atoms with Crippen molar-refractivity contribution >= 4 is 11.8 Å². The lowest BCUT2D eigenvalue weighted by atomic mass is 9.76. The molecule has 0 saturated carbocycles. The van der Waals surface area contributed by atoms with E-state index >= 15 is 0 Å². The van der Waals surface area contributed by atoms with E-state index in [-0.39, 0.29) is 36.2 Å². The molecular weight excluding hydrogens is 320 g/mol. The molecule has 5 atom stereocenters. The summed E-state index contributed by atoms with van der Waals surface area (Å²) in [5.74, 6) is 0.0557. The number of ether oxygens (including phenoxy) is 2. The number of benzene rings is 1. The van der Waals surface area contributed by atoms with Crippen LogP contribution in [-0.2, 0) is 14.3 Å². The van der Waals surface area contributed by atoms with Crippen LogP contribution in [0, 0.1) is 11.8 Å². The monoisotopic (exact) mass is 344 g/mol. The standard InChI is InChI=1S/C19H24N2O4/c1-24-19(23)12-4-2-11(3-5-12)15-7-6-14-17(22)13-8-9-20-10-16(13)25-18(14)21-15/h2-5,13-16,18,20-21H,6-10H2,1H3. The Balaban J connectivity index is 1.47. The van der Waals surface area contributed by atoms with Gasteiger partial charge in [-0.3, -0.25) is 10.1 Å². The van der Waals surface area contributed by atoms with Crippen molar-refractivity contribution in [1.82, 2.24) is 10.6 Å². The molecule has 0 radical (unpaired) electrons. The lowest BCUT2D eigenvalue weighted by Crippen LogP contribution is -2.60. The summed E-state index contributed by atoms with van der Waals surface area (Å²) in [6.07, 6.45) is 2.38. The van der Waals surface area contributed by atoms with Gasteiger partial charge in [-0.05, 0) is 43.5 Å². The summed E-state index contributed by atoms with van der Waals surface area (Å²) >= 11 is 0. The Hall–Kier alpha value is -1.76. The fraction of sp³-hybridized carbons (Fsp3) is 0.579. The molecule has 0 bridgehead atoms. The Labute approximate surface area is 147 Å². The largest absolute Gasteiger partial charge is 0.465 e. The van der Waals surface area contributed by atoms with Crippen LogP contribution >= 0.6 is 0 Å². The average molecular weight is 344 g/mol. The Bertz CT molecular complexity index is 660. The van der Waals surface area contributed by atoms with Gasteiger partial charge in [-0.1, -0.05) is 12.1 Å². The van der Waals surface area contributed by atoms with Gasteiger partial charge >= 0.3 is 5.97 Å². The normalized spacial score (nSPS) is 34.8. The number of hydrogen-bond donors (Lipinski definition) is 2. The summed E-state index contributed by atoms with van der Waals surface area (Å²) in [7, 11) is 1.38. The van der Waals surface area contributed by atoms with E-state index in [1.807, 2.05) is 12.1 Å². The molecule has 1 aromatic carbocycles. The minimum atomic E-state index is -0.333. The highest BCUT2D eigenvalue weighted by Crippen LogP contribution is 2.38. The van der Waals surface area contributed by atoms with E-state index in [2.05, 4.69) is 10.6 Å². The molecule has 3 aliphatic heterocycles. The van der Waals surface area contributed by atoms with Gasteiger partial charge in [0.1, 0.15) is 12.0 Å². The molecule has 5 unspecified atom stereocenters. The summed E-state index contributed by atoms with van der Waals surface area (Å²) in [5, 5.41) is 6.83. The van der Waals surface area contributed by atoms with E-state index in [4.69, 9.17) is 9.47 Å². The minimum Gasteiger partial charge on any atom is -0.465 e. The summed E-state index contributed by atoms with van der Waals surface area (Å²) in [4.78, 5) is 24.3. The van der Waals surface area contributed by atoms with Crippen molar-refractivity contribution < 1.29 is 19.1 Å². The number of esters is 1. The van der Waals surface area contributed by atoms with Crippen LogP contribution in [0.1, 0.15) is 41.2 Å². The van der Waals surface area contributed by atoms with Crippen molar-refractivity contribution in [3.8, 4) is 0 Å². The van der Waals surface area contributed by atoms with Crippen LogP contribution in [0.3, 0.4) is 0 Å². The van der Waals surface area contributed by atoms with E-state index in [0.717, 1.165) is 37.9 Å². The van der Waals surface area contributed by atoms with E-state index in [1.54, 1.807) is 12.1 Å². The molecule has 6 nitrogen and oxygen atoms in total. The van der Waals surface area contributed by atoms with Gasteiger partial charge in [0.2, 0.25) is 0 Å². The summed E-state index contributed by atoms with van der Waals surface area (Å²) in [6.45, 7) is 1.65. The molecule has 6 heteroatoms. The van der Waals surface area contributed by atoms with Gasteiger partial charge in [0.15, 0.2) is 0 Å². The number of nitrogens with one attached hydrogen (secondary N) is 2. The lowest BCUT2D eigenvalue weighted by molar-refractivity contribution is -0.172. The third-order valence-electron chi connectivity index (χ3n) is 5.71. The molecule has 2 N–H and O–H groups in total. The maximum Gasteiger partial charge on any atom is 0.337 e. The summed E-state index contributed by atoms with van der Waals surface area (Å²) < 4.78 is 11.0. The van der Waals surface area contributed by atoms with Crippen molar-refractivity contribution in [1.29, 1.82) is 0 Å². The first kappa shape index (κ1) is 16.7. The molecule has 134 valence electrons. The summed E-state index contributed by atoms with van der Waals surface area (Å²) in [5.41, 5.74) is 1.64. The number of carbonyl (C=O) groups is 2. The van der Waals surface area contributed by atoms with E-state index in [9.17, 15) is 9.59 Å². The SMILES string of the molecule is COC(=O)c1ccc(C2CCC3C(=O)C4CCNCC4OC3N2)cc1. The van der Waals surface area contributed by atoms with E-state index in [1.165, 1.54) is 7.11 Å². The molecule has 25 heavy (non-hydrogen) atoms. The molecule has 3 heterocycles. The van der Waals surface area contributed by atoms with E-state index < -0.39 is 0 Å². The van der Waals surface area contributed by atoms with Crippen LogP contribution < -0.4 is 10.6 Å². The fourth-order valence-corrected chi connectivity index (χ4v) is 4.31. The number of ketones is 1. The first-order valence-corrected chi connectivity index (χ1v) is 9.01. The lowest BCUT2D eigenvalue weighted by Gasteiger charge is -2.47. The van der Waals surface area contributed by atoms with Crippen LogP contribution in [-0.4, -0.2) is 44.3 Å². The number of hydrogen-bond acceptors (Lipinski definition) is 6. The number of fused-ring (bicyclic) bond motifs is 2. The van der Waals surface area contributed by atoms with Gasteiger partial charge in [0.25, 0.3) is 0 Å². The Kier molecular flexibility index (Phi) is 4.58. The van der Waals surface area contributed by atoms with Gasteiger partial charge in [-0.15, -0.1) is 0 Å². The van der Waals surface area contributed by atoms with Gasteiger partial charge in [0, 0.05) is 18.5 Å². The molecule has 0 amide bonds. The molecule has 0 spiro atoms. The Morgan fingerprint density at radius 2 is 1.96 bits per heavy atom. The average Bonchev–Trinajstić information content (AvgIpc) is 2.67. The first-order valence-electron chi connectivity index (χ1n) is 9.01. The number of Topliss-reactive ketones (excluding diaryl/α,β-unsaturated/α-hetero) is 1. The van der Waals surface area contributed by atoms with Crippen LogP contribution in [0.2, 0.25) is 0 Å². The zero-order chi connectivity index (χ0) is 17.4. The number of methoxy groups -OCH3 is 1. The number of carbonyl (C=O) groups excluding carboxylic acids is 2. The van der Waals surface area contributed by atoms with Gasteiger partial charge < -0.3 is 14.8 Å². The Morgan fingerprint density at radius 1 is 1.16 bits per heavy atom. The van der Waals surface area contributed by atoms with Gasteiger partial charge in [-0.2, -0.15) is 0 Å². The molecule has 0 aromatic heterocycles. The summed E-state index contributed by atoms with van der Waals surface area (Å²) in [6, 6.07) is 7.58. The second-order valence-electron chi connectivity index (χ2n) is 7.11. The topological polar surface area (TPSA) is 76.7 Å². The minimum absolute atomic E-state index is 0.0181. The second-order valence-corrected chi connectivity index (χ2v) is 7.11.